The van der Waals surface area contributed by atoms with Gasteiger partial charge in [-0.15, -0.1) is 11.6 Å². The molecule has 0 amide bonds. The molecule has 1 aromatic carbocycles. The molecule has 0 heterocycles. The summed E-state index contributed by atoms with van der Waals surface area (Å²) in [6.45, 7) is 0. The smallest absolute Gasteiger partial charge is 0.133 e. The minimum Gasteiger partial charge on any atom is -0.206 e. The molecule has 0 saturated heterocycles. The molecule has 1 aliphatic rings. The van der Waals surface area contributed by atoms with Crippen molar-refractivity contribution in [1.29, 1.82) is 0 Å². The molecule has 1 aliphatic carbocycles. The molecule has 0 aromatic heterocycles. The van der Waals surface area contributed by atoms with Crippen LogP contribution < -0.4 is 0 Å². The minimum absolute atomic E-state index is 0.0793. The summed E-state index contributed by atoms with van der Waals surface area (Å²) in [6, 6.07) is 3.89. The molecule has 0 bridgehead atoms. The number of hydrogen-bond donors (Lipinski definition) is 0. The zero-order chi connectivity index (χ0) is 10.1. The summed E-state index contributed by atoms with van der Waals surface area (Å²) in [5, 5.41) is -0.0935. The average molecular weight is 215 g/mol. The molecule has 14 heavy (non-hydrogen) atoms. The number of hydrogen-bond acceptors (Lipinski definition) is 0. The van der Waals surface area contributed by atoms with Crippen LogP contribution in [0.25, 0.3) is 5.57 Å². The third-order valence-electron chi connectivity index (χ3n) is 2.36. The second-order valence-corrected chi connectivity index (χ2v) is 3.90. The number of halogens is 3. The maximum absolute atomic E-state index is 13.3. The number of rotatable bonds is 1. The standard InChI is InChI=1S/C11H9ClF2/c12-8-5-4-7(6-8)11-9(13)2-1-3-10(11)14/h1-3,6,8H,4-5H2. The minimum atomic E-state index is -0.512. The van der Waals surface area contributed by atoms with Crippen molar-refractivity contribution < 1.29 is 8.78 Å². The number of benzene rings is 1. The molecule has 74 valence electrons. The molecule has 0 saturated carbocycles. The molecule has 0 spiro atoms. The van der Waals surface area contributed by atoms with Crippen molar-refractivity contribution in [2.75, 3.05) is 0 Å². The molecule has 3 heteroatoms. The second-order valence-electron chi connectivity index (χ2n) is 3.34. The lowest BCUT2D eigenvalue weighted by molar-refractivity contribution is 0.576. The quantitative estimate of drug-likeness (QED) is 0.625. The second kappa shape index (κ2) is 3.70. The van der Waals surface area contributed by atoms with E-state index in [0.29, 0.717) is 12.0 Å². The normalized spacial score (nSPS) is 21.1. The van der Waals surface area contributed by atoms with Crippen molar-refractivity contribution in [1.82, 2.24) is 0 Å². The molecule has 1 unspecified atom stereocenters. The van der Waals surface area contributed by atoms with Crippen molar-refractivity contribution in [3.05, 3.63) is 41.5 Å². The molecule has 2 rings (SSSR count). The highest BCUT2D eigenvalue weighted by atomic mass is 35.5. The average Bonchev–Trinajstić information content (AvgIpc) is 2.51. The van der Waals surface area contributed by atoms with Gasteiger partial charge in [-0.3, -0.25) is 0 Å². The molecule has 1 atom stereocenters. The Balaban J connectivity index is 2.46. The van der Waals surface area contributed by atoms with Gasteiger partial charge in [-0.25, -0.2) is 8.78 Å². The van der Waals surface area contributed by atoms with Gasteiger partial charge in [0.25, 0.3) is 0 Å². The van der Waals surface area contributed by atoms with E-state index in [2.05, 4.69) is 0 Å². The first-order chi connectivity index (χ1) is 6.68. The third kappa shape index (κ3) is 1.67. The maximum atomic E-state index is 13.3. The molecule has 0 fully saturated rings. The highest BCUT2D eigenvalue weighted by Gasteiger charge is 2.19. The lowest BCUT2D eigenvalue weighted by Gasteiger charge is -2.04. The SMILES string of the molecule is Fc1cccc(F)c1C1=CC(Cl)CC1. The van der Waals surface area contributed by atoms with E-state index in [0.717, 1.165) is 6.42 Å². The zero-order valence-corrected chi connectivity index (χ0v) is 8.19. The van der Waals surface area contributed by atoms with Crippen LogP contribution in [0.1, 0.15) is 18.4 Å². The van der Waals surface area contributed by atoms with E-state index in [1.807, 2.05) is 0 Å². The largest absolute Gasteiger partial charge is 0.206 e. The van der Waals surface area contributed by atoms with Crippen molar-refractivity contribution >= 4 is 17.2 Å². The van der Waals surface area contributed by atoms with E-state index in [1.54, 1.807) is 6.08 Å². The van der Waals surface area contributed by atoms with Crippen LogP contribution in [0.2, 0.25) is 0 Å². The highest BCUT2D eigenvalue weighted by Crippen LogP contribution is 2.33. The van der Waals surface area contributed by atoms with Crippen molar-refractivity contribution in [2.24, 2.45) is 0 Å². The Morgan fingerprint density at radius 3 is 2.36 bits per heavy atom. The van der Waals surface area contributed by atoms with E-state index >= 15 is 0 Å². The first-order valence-electron chi connectivity index (χ1n) is 4.47. The van der Waals surface area contributed by atoms with E-state index in [9.17, 15) is 8.78 Å². The van der Waals surface area contributed by atoms with Gasteiger partial charge in [-0.1, -0.05) is 12.1 Å². The Bertz CT molecular complexity index is 365. The van der Waals surface area contributed by atoms with E-state index in [4.69, 9.17) is 11.6 Å². The number of allylic oxidation sites excluding steroid dienone is 2. The van der Waals surface area contributed by atoms with Gasteiger partial charge in [0, 0.05) is 5.56 Å². The summed E-state index contributed by atoms with van der Waals surface area (Å²) >= 11 is 5.84. The Kier molecular flexibility index (Phi) is 2.55. The number of alkyl halides is 1. The van der Waals surface area contributed by atoms with Gasteiger partial charge in [0.1, 0.15) is 11.6 Å². The summed E-state index contributed by atoms with van der Waals surface area (Å²) in [5.41, 5.74) is 0.760. The first-order valence-corrected chi connectivity index (χ1v) is 4.91. The molecular formula is C11H9ClF2. The summed E-state index contributed by atoms with van der Waals surface area (Å²) in [7, 11) is 0. The van der Waals surface area contributed by atoms with Crippen LogP contribution in [0.3, 0.4) is 0 Å². The van der Waals surface area contributed by atoms with Crippen LogP contribution >= 0.6 is 11.6 Å². The molecule has 1 aromatic rings. The Morgan fingerprint density at radius 2 is 1.86 bits per heavy atom. The molecule has 0 radical (unpaired) electrons. The van der Waals surface area contributed by atoms with E-state index in [1.165, 1.54) is 18.2 Å². The summed E-state index contributed by atoms with van der Waals surface area (Å²) in [4.78, 5) is 0. The van der Waals surface area contributed by atoms with Crippen molar-refractivity contribution in [3.63, 3.8) is 0 Å². The topological polar surface area (TPSA) is 0 Å². The molecular weight excluding hydrogens is 206 g/mol. The fraction of sp³-hybridized carbons (Fsp3) is 0.273. The predicted molar refractivity (Wildman–Crippen MR) is 53.2 cm³/mol. The van der Waals surface area contributed by atoms with Gasteiger partial charge in [0.2, 0.25) is 0 Å². The summed E-state index contributed by atoms with van der Waals surface area (Å²) in [6.07, 6.45) is 3.12. The molecule has 0 nitrogen and oxygen atoms in total. The maximum Gasteiger partial charge on any atom is 0.133 e. The Hall–Kier alpha value is -0.890. The lowest BCUT2D eigenvalue weighted by atomic mass is 10.0. The summed E-state index contributed by atoms with van der Waals surface area (Å²) in [5.74, 6) is -1.02. The van der Waals surface area contributed by atoms with Crippen molar-refractivity contribution in [2.45, 2.75) is 18.2 Å². The lowest BCUT2D eigenvalue weighted by Crippen LogP contribution is -1.92. The Morgan fingerprint density at radius 1 is 1.21 bits per heavy atom. The third-order valence-corrected chi connectivity index (χ3v) is 2.70. The van der Waals surface area contributed by atoms with Crippen LogP contribution in [-0.2, 0) is 0 Å². The zero-order valence-electron chi connectivity index (χ0n) is 7.43. The van der Waals surface area contributed by atoms with Gasteiger partial charge < -0.3 is 0 Å². The Labute approximate surface area is 86.2 Å². The van der Waals surface area contributed by atoms with Gasteiger partial charge in [0.05, 0.1) is 5.38 Å². The fourth-order valence-electron chi connectivity index (χ4n) is 1.69. The molecule has 0 N–H and O–H groups in total. The van der Waals surface area contributed by atoms with E-state index < -0.39 is 11.6 Å². The van der Waals surface area contributed by atoms with Crippen LogP contribution in [0.4, 0.5) is 8.78 Å². The monoisotopic (exact) mass is 214 g/mol. The van der Waals surface area contributed by atoms with Crippen molar-refractivity contribution in [3.8, 4) is 0 Å². The molecule has 0 aliphatic heterocycles. The van der Waals surface area contributed by atoms with E-state index in [-0.39, 0.29) is 10.9 Å². The van der Waals surface area contributed by atoms with Gasteiger partial charge in [-0.2, -0.15) is 0 Å². The van der Waals surface area contributed by atoms with Crippen LogP contribution in [0.15, 0.2) is 24.3 Å². The summed E-state index contributed by atoms with van der Waals surface area (Å²) < 4.78 is 26.6. The van der Waals surface area contributed by atoms with Gasteiger partial charge in [-0.05, 0) is 30.5 Å². The van der Waals surface area contributed by atoms with Gasteiger partial charge >= 0.3 is 0 Å². The first kappa shape index (κ1) is 9.66. The van der Waals surface area contributed by atoms with Crippen LogP contribution in [0, 0.1) is 11.6 Å². The van der Waals surface area contributed by atoms with Crippen LogP contribution in [-0.4, -0.2) is 5.38 Å². The predicted octanol–water partition coefficient (Wildman–Crippen LogP) is 3.75. The highest BCUT2D eigenvalue weighted by molar-refractivity contribution is 6.22. The fourth-order valence-corrected chi connectivity index (χ4v) is 1.95. The van der Waals surface area contributed by atoms with Crippen LogP contribution in [0.5, 0.6) is 0 Å². The van der Waals surface area contributed by atoms with Gasteiger partial charge in [0.15, 0.2) is 0 Å².